The minimum absolute atomic E-state index is 0.0464. The summed E-state index contributed by atoms with van der Waals surface area (Å²) in [6.45, 7) is 1.79. The van der Waals surface area contributed by atoms with Gasteiger partial charge < -0.3 is 15.4 Å². The molecule has 1 saturated carbocycles. The van der Waals surface area contributed by atoms with E-state index in [0.29, 0.717) is 11.4 Å². The molecule has 0 aromatic heterocycles. The zero-order valence-electron chi connectivity index (χ0n) is 13.8. The largest absolute Gasteiger partial charge is 0.484 e. The molecule has 2 N–H and O–H groups in total. The highest BCUT2D eigenvalue weighted by Gasteiger charge is 2.29. The molecule has 1 fully saturated rings. The smallest absolute Gasteiger partial charge is 0.262 e. The van der Waals surface area contributed by atoms with Crippen LogP contribution in [0.1, 0.15) is 18.4 Å². The second-order valence-corrected chi connectivity index (χ2v) is 6.95. The molecule has 2 aromatic rings. The van der Waals surface area contributed by atoms with E-state index in [4.69, 9.17) is 4.74 Å². The van der Waals surface area contributed by atoms with Gasteiger partial charge in [0.25, 0.3) is 5.91 Å². The first kappa shape index (κ1) is 17.5. The molecule has 0 unspecified atom stereocenters. The standard InChI is InChI=1S/C19H19BrN2O3/c1-12-16(3-2-4-17(12)22-19(24)13-5-6-13)21-18(23)11-25-15-9-7-14(20)8-10-15/h2-4,7-10,13H,5-6,11H2,1H3,(H,21,23)(H,22,24). The third-order valence-corrected chi connectivity index (χ3v) is 4.53. The number of nitrogens with one attached hydrogen (secondary N) is 2. The number of amides is 2. The van der Waals surface area contributed by atoms with Gasteiger partial charge in [0.15, 0.2) is 6.61 Å². The Morgan fingerprint density at radius 2 is 1.72 bits per heavy atom. The minimum Gasteiger partial charge on any atom is -0.484 e. The molecule has 5 nitrogen and oxygen atoms in total. The van der Waals surface area contributed by atoms with Gasteiger partial charge in [-0.2, -0.15) is 0 Å². The van der Waals surface area contributed by atoms with Crippen molar-refractivity contribution in [1.29, 1.82) is 0 Å². The van der Waals surface area contributed by atoms with Crippen molar-refractivity contribution in [3.05, 3.63) is 52.5 Å². The molecule has 0 bridgehead atoms. The van der Waals surface area contributed by atoms with Crippen LogP contribution in [0.15, 0.2) is 46.9 Å². The van der Waals surface area contributed by atoms with Gasteiger partial charge in [-0.3, -0.25) is 9.59 Å². The van der Waals surface area contributed by atoms with Crippen LogP contribution in [0, 0.1) is 12.8 Å². The van der Waals surface area contributed by atoms with Gasteiger partial charge in [-0.15, -0.1) is 0 Å². The van der Waals surface area contributed by atoms with Gasteiger partial charge >= 0.3 is 0 Å². The molecular weight excluding hydrogens is 384 g/mol. The SMILES string of the molecule is Cc1c(NC(=O)COc2ccc(Br)cc2)cccc1NC(=O)C1CC1. The summed E-state index contributed by atoms with van der Waals surface area (Å²) in [5.74, 6) is 0.555. The zero-order valence-corrected chi connectivity index (χ0v) is 15.4. The topological polar surface area (TPSA) is 67.4 Å². The number of rotatable bonds is 6. The van der Waals surface area contributed by atoms with Crippen LogP contribution in [0.4, 0.5) is 11.4 Å². The van der Waals surface area contributed by atoms with Crippen LogP contribution in [0.25, 0.3) is 0 Å². The maximum atomic E-state index is 12.1. The van der Waals surface area contributed by atoms with Gasteiger partial charge in [0.2, 0.25) is 5.91 Å². The van der Waals surface area contributed by atoms with E-state index in [0.717, 1.165) is 28.6 Å². The molecule has 25 heavy (non-hydrogen) atoms. The van der Waals surface area contributed by atoms with E-state index < -0.39 is 0 Å². The van der Waals surface area contributed by atoms with Crippen molar-refractivity contribution >= 4 is 39.1 Å². The van der Waals surface area contributed by atoms with Crippen LogP contribution >= 0.6 is 15.9 Å². The van der Waals surface area contributed by atoms with Crippen molar-refractivity contribution in [2.24, 2.45) is 5.92 Å². The fourth-order valence-electron chi connectivity index (χ4n) is 2.35. The van der Waals surface area contributed by atoms with E-state index in [1.807, 2.05) is 25.1 Å². The highest BCUT2D eigenvalue weighted by Crippen LogP contribution is 2.31. The van der Waals surface area contributed by atoms with Crippen LogP contribution in [-0.2, 0) is 9.59 Å². The molecule has 2 aromatic carbocycles. The van der Waals surface area contributed by atoms with Crippen molar-refractivity contribution in [2.45, 2.75) is 19.8 Å². The first-order valence-electron chi connectivity index (χ1n) is 8.11. The fourth-order valence-corrected chi connectivity index (χ4v) is 2.62. The summed E-state index contributed by atoms with van der Waals surface area (Å²) in [5, 5.41) is 5.75. The van der Waals surface area contributed by atoms with Crippen LogP contribution in [0.5, 0.6) is 5.75 Å². The van der Waals surface area contributed by atoms with Gasteiger partial charge in [0.05, 0.1) is 0 Å². The quantitative estimate of drug-likeness (QED) is 0.763. The van der Waals surface area contributed by atoms with E-state index in [-0.39, 0.29) is 24.3 Å². The molecule has 0 saturated heterocycles. The summed E-state index contributed by atoms with van der Waals surface area (Å²) in [4.78, 5) is 24.0. The van der Waals surface area contributed by atoms with E-state index in [1.165, 1.54) is 0 Å². The number of halogens is 1. The average molecular weight is 403 g/mol. The van der Waals surface area contributed by atoms with Gasteiger partial charge in [-0.1, -0.05) is 22.0 Å². The Morgan fingerprint density at radius 3 is 2.36 bits per heavy atom. The van der Waals surface area contributed by atoms with E-state index in [2.05, 4.69) is 26.6 Å². The first-order valence-corrected chi connectivity index (χ1v) is 8.91. The molecule has 0 atom stereocenters. The molecule has 130 valence electrons. The average Bonchev–Trinajstić information content (AvgIpc) is 3.43. The molecule has 0 spiro atoms. The highest BCUT2D eigenvalue weighted by molar-refractivity contribution is 9.10. The number of anilines is 2. The molecular formula is C19H19BrN2O3. The molecule has 1 aliphatic rings. The number of hydrogen-bond acceptors (Lipinski definition) is 3. The maximum Gasteiger partial charge on any atom is 0.262 e. The van der Waals surface area contributed by atoms with Gasteiger partial charge in [0.1, 0.15) is 5.75 Å². The Balaban J connectivity index is 1.58. The lowest BCUT2D eigenvalue weighted by molar-refractivity contribution is -0.118. The zero-order chi connectivity index (χ0) is 17.8. The van der Waals surface area contributed by atoms with Crippen molar-refractivity contribution in [3.8, 4) is 5.75 Å². The highest BCUT2D eigenvalue weighted by atomic mass is 79.9. The number of benzene rings is 2. The summed E-state index contributed by atoms with van der Waals surface area (Å²) in [5.41, 5.74) is 2.22. The van der Waals surface area contributed by atoms with Crippen molar-refractivity contribution in [3.63, 3.8) is 0 Å². The lowest BCUT2D eigenvalue weighted by Crippen LogP contribution is -2.21. The van der Waals surface area contributed by atoms with Crippen molar-refractivity contribution in [2.75, 3.05) is 17.2 Å². The lowest BCUT2D eigenvalue weighted by Gasteiger charge is -2.13. The van der Waals surface area contributed by atoms with Gasteiger partial charge in [0, 0.05) is 21.8 Å². The first-order chi connectivity index (χ1) is 12.0. The monoisotopic (exact) mass is 402 g/mol. The Morgan fingerprint density at radius 1 is 1.08 bits per heavy atom. The van der Waals surface area contributed by atoms with E-state index in [1.54, 1.807) is 24.3 Å². The molecule has 2 amide bonds. The Kier molecular flexibility index (Phi) is 5.38. The van der Waals surface area contributed by atoms with Gasteiger partial charge in [-0.05, 0) is 61.7 Å². The van der Waals surface area contributed by atoms with Crippen LogP contribution in [0.2, 0.25) is 0 Å². The van der Waals surface area contributed by atoms with Crippen LogP contribution < -0.4 is 15.4 Å². The molecule has 0 aliphatic heterocycles. The summed E-state index contributed by atoms with van der Waals surface area (Å²) >= 11 is 3.35. The fraction of sp³-hybridized carbons (Fsp3) is 0.263. The van der Waals surface area contributed by atoms with Crippen LogP contribution in [-0.4, -0.2) is 18.4 Å². The third kappa shape index (κ3) is 4.82. The normalized spacial score (nSPS) is 13.2. The number of hydrogen-bond donors (Lipinski definition) is 2. The summed E-state index contributed by atoms with van der Waals surface area (Å²) < 4.78 is 6.42. The van der Waals surface area contributed by atoms with Crippen molar-refractivity contribution in [1.82, 2.24) is 0 Å². The molecule has 3 rings (SSSR count). The summed E-state index contributed by atoms with van der Waals surface area (Å²) in [6, 6.07) is 12.7. The lowest BCUT2D eigenvalue weighted by atomic mass is 10.1. The number of carbonyl (C=O) groups excluding carboxylic acids is 2. The maximum absolute atomic E-state index is 12.1. The number of carbonyl (C=O) groups is 2. The predicted octanol–water partition coefficient (Wildman–Crippen LogP) is 4.12. The second-order valence-electron chi connectivity index (χ2n) is 6.03. The van der Waals surface area contributed by atoms with Gasteiger partial charge in [-0.25, -0.2) is 0 Å². The second kappa shape index (κ2) is 7.70. The molecule has 1 aliphatic carbocycles. The third-order valence-electron chi connectivity index (χ3n) is 4.00. The summed E-state index contributed by atoms with van der Waals surface area (Å²) in [6.07, 6.45) is 1.91. The number of ether oxygens (including phenoxy) is 1. The van der Waals surface area contributed by atoms with Crippen molar-refractivity contribution < 1.29 is 14.3 Å². The Hall–Kier alpha value is -2.34. The Bertz CT molecular complexity index is 786. The minimum atomic E-state index is -0.253. The van der Waals surface area contributed by atoms with E-state index in [9.17, 15) is 9.59 Å². The Labute approximate surface area is 154 Å². The van der Waals surface area contributed by atoms with Crippen LogP contribution in [0.3, 0.4) is 0 Å². The predicted molar refractivity (Wildman–Crippen MR) is 101 cm³/mol. The van der Waals surface area contributed by atoms with E-state index >= 15 is 0 Å². The molecule has 0 radical (unpaired) electrons. The summed E-state index contributed by atoms with van der Waals surface area (Å²) in [7, 11) is 0. The molecule has 0 heterocycles. The molecule has 6 heteroatoms.